The van der Waals surface area contributed by atoms with Crippen LogP contribution in [0.4, 0.5) is 15.3 Å². The number of ether oxygens (including phenoxy) is 3. The number of rotatable bonds is 11. The molecule has 196 valence electrons. The number of carbonyl (C=O) groups is 3. The summed E-state index contributed by atoms with van der Waals surface area (Å²) in [6, 6.07) is 4.13. The van der Waals surface area contributed by atoms with Crippen LogP contribution < -0.4 is 10.6 Å². The number of nitrogens with zero attached hydrogens (tertiary/aromatic N) is 1. The third-order valence-corrected chi connectivity index (χ3v) is 4.43. The minimum Gasteiger partial charge on any atom is -0.459 e. The maximum absolute atomic E-state index is 12.5. The molecule has 0 aliphatic carbocycles. The molecule has 0 aromatic heterocycles. The maximum atomic E-state index is 12.5. The van der Waals surface area contributed by atoms with Crippen molar-refractivity contribution < 1.29 is 33.5 Å². The lowest BCUT2D eigenvalue weighted by Gasteiger charge is -2.19. The Bertz CT molecular complexity index is 876. The first-order valence-corrected chi connectivity index (χ1v) is 11.8. The fourth-order valence-electron chi connectivity index (χ4n) is 2.24. The monoisotopic (exact) mass is 615 g/mol. The number of carbonyl (C=O) groups excluding carboxylic acids is 3. The van der Waals surface area contributed by atoms with Crippen LogP contribution in [0.1, 0.15) is 18.4 Å². The quantitative estimate of drug-likeness (QED) is 0.0883. The topological polar surface area (TPSA) is 146 Å². The minimum absolute atomic E-state index is 0.00665. The standard InChI is InChI=1S/C18H19Cl6N3O8/c19-17(20,21)9-34-15(29)25-7-1-2-13(26-16(30)35-10-18(22,23)24)14(28)33-8-11-3-5-12(6-4-11)27(31)32/h3-6,13H,1-2,7-10H2,(H,25,29)(H,26,30)/t13-/m0/s1. The van der Waals surface area contributed by atoms with Crippen LogP contribution in [0.2, 0.25) is 0 Å². The summed E-state index contributed by atoms with van der Waals surface area (Å²) in [5.41, 5.74) is 0.344. The van der Waals surface area contributed by atoms with Gasteiger partial charge in [0.05, 0.1) is 4.92 Å². The lowest BCUT2D eigenvalue weighted by molar-refractivity contribution is -0.384. The van der Waals surface area contributed by atoms with Gasteiger partial charge < -0.3 is 24.8 Å². The first-order valence-electron chi connectivity index (χ1n) is 9.53. The molecule has 2 N–H and O–H groups in total. The highest BCUT2D eigenvalue weighted by Crippen LogP contribution is 2.26. The summed E-state index contributed by atoms with van der Waals surface area (Å²) in [5, 5.41) is 15.4. The number of amides is 2. The van der Waals surface area contributed by atoms with Gasteiger partial charge in [-0.05, 0) is 30.5 Å². The average Bonchev–Trinajstić information content (AvgIpc) is 2.76. The smallest absolute Gasteiger partial charge is 0.407 e. The summed E-state index contributed by atoms with van der Waals surface area (Å²) in [7, 11) is 0. The fraction of sp³-hybridized carbons (Fsp3) is 0.500. The summed E-state index contributed by atoms with van der Waals surface area (Å²) in [6.07, 6.45) is -1.72. The second-order valence-corrected chi connectivity index (χ2v) is 11.7. The summed E-state index contributed by atoms with van der Waals surface area (Å²) in [5.74, 6) is -0.840. The van der Waals surface area contributed by atoms with E-state index < -0.39 is 49.9 Å². The van der Waals surface area contributed by atoms with E-state index in [9.17, 15) is 24.5 Å². The van der Waals surface area contributed by atoms with E-state index >= 15 is 0 Å². The zero-order valence-corrected chi connectivity index (χ0v) is 22.1. The van der Waals surface area contributed by atoms with Crippen LogP contribution in [0.25, 0.3) is 0 Å². The van der Waals surface area contributed by atoms with Gasteiger partial charge in [0.2, 0.25) is 7.59 Å². The number of benzene rings is 1. The van der Waals surface area contributed by atoms with Gasteiger partial charge >= 0.3 is 18.2 Å². The largest absolute Gasteiger partial charge is 0.459 e. The Kier molecular flexibility index (Phi) is 13.3. The van der Waals surface area contributed by atoms with Gasteiger partial charge in [-0.25, -0.2) is 14.4 Å². The molecule has 0 unspecified atom stereocenters. The van der Waals surface area contributed by atoms with Crippen LogP contribution in [0.15, 0.2) is 24.3 Å². The minimum atomic E-state index is -1.86. The molecule has 2 amide bonds. The third kappa shape index (κ3) is 15.2. The molecule has 0 spiro atoms. The van der Waals surface area contributed by atoms with Crippen molar-refractivity contribution in [3.8, 4) is 0 Å². The van der Waals surface area contributed by atoms with Gasteiger partial charge in [0.1, 0.15) is 25.9 Å². The Morgan fingerprint density at radius 2 is 1.46 bits per heavy atom. The number of nitro groups is 1. The molecule has 17 heteroatoms. The molecule has 0 fully saturated rings. The van der Waals surface area contributed by atoms with Gasteiger partial charge in [0.25, 0.3) is 5.69 Å². The van der Waals surface area contributed by atoms with Crippen molar-refractivity contribution >= 4 is 93.4 Å². The second kappa shape index (κ2) is 14.8. The first kappa shape index (κ1) is 31.4. The second-order valence-electron chi connectivity index (χ2n) is 6.68. The van der Waals surface area contributed by atoms with E-state index in [1.165, 1.54) is 24.3 Å². The van der Waals surface area contributed by atoms with Crippen LogP contribution in [0, 0.1) is 10.1 Å². The van der Waals surface area contributed by atoms with E-state index in [0.29, 0.717) is 5.56 Å². The number of hydrogen-bond donors (Lipinski definition) is 2. The number of alkyl carbamates (subject to hydrolysis) is 2. The Morgan fingerprint density at radius 1 is 0.914 bits per heavy atom. The molecule has 1 aromatic carbocycles. The van der Waals surface area contributed by atoms with Gasteiger partial charge in [0.15, 0.2) is 0 Å². The predicted molar refractivity (Wildman–Crippen MR) is 130 cm³/mol. The SMILES string of the molecule is O=C(NCCC[C@H](NC(=O)OCC(Cl)(Cl)Cl)C(=O)OCc1ccc([N+](=O)[O-])cc1)OCC(Cl)(Cl)Cl. The molecule has 0 heterocycles. The molecule has 11 nitrogen and oxygen atoms in total. The normalized spacial score (nSPS) is 12.3. The van der Waals surface area contributed by atoms with Gasteiger partial charge in [-0.15, -0.1) is 0 Å². The van der Waals surface area contributed by atoms with Crippen LogP contribution >= 0.6 is 69.6 Å². The van der Waals surface area contributed by atoms with E-state index in [-0.39, 0.29) is 31.7 Å². The van der Waals surface area contributed by atoms with E-state index in [1.54, 1.807) is 0 Å². The van der Waals surface area contributed by atoms with Gasteiger partial charge in [0, 0.05) is 18.7 Å². The van der Waals surface area contributed by atoms with Crippen LogP contribution in [-0.4, -0.2) is 56.5 Å². The van der Waals surface area contributed by atoms with E-state index in [4.69, 9.17) is 83.8 Å². The first-order chi connectivity index (χ1) is 16.2. The fourth-order valence-corrected chi connectivity index (χ4v) is 2.57. The summed E-state index contributed by atoms with van der Waals surface area (Å²) in [6.45, 7) is -1.24. The highest BCUT2D eigenvalue weighted by Gasteiger charge is 2.27. The Balaban J connectivity index is 2.64. The molecule has 0 aliphatic heterocycles. The van der Waals surface area contributed by atoms with Crippen LogP contribution in [0.5, 0.6) is 0 Å². The molecular formula is C18H19Cl6N3O8. The molecule has 1 aromatic rings. The van der Waals surface area contributed by atoms with Crippen molar-refractivity contribution in [3.05, 3.63) is 39.9 Å². The number of esters is 1. The summed E-state index contributed by atoms with van der Waals surface area (Å²) in [4.78, 5) is 46.3. The highest BCUT2D eigenvalue weighted by molar-refractivity contribution is 6.68. The van der Waals surface area contributed by atoms with Crippen molar-refractivity contribution in [2.24, 2.45) is 0 Å². The molecule has 1 rings (SSSR count). The number of alkyl halides is 6. The number of nitrogens with one attached hydrogen (secondary N) is 2. The van der Waals surface area contributed by atoms with Gasteiger partial charge in [-0.3, -0.25) is 10.1 Å². The van der Waals surface area contributed by atoms with E-state index in [2.05, 4.69) is 10.6 Å². The van der Waals surface area contributed by atoms with Crippen molar-refractivity contribution in [1.29, 1.82) is 0 Å². The maximum Gasteiger partial charge on any atom is 0.407 e. The zero-order chi connectivity index (χ0) is 26.6. The Labute approximate surface area is 229 Å². The van der Waals surface area contributed by atoms with Crippen molar-refractivity contribution in [2.75, 3.05) is 19.8 Å². The molecule has 1 atom stereocenters. The molecular weight excluding hydrogens is 599 g/mol. The lowest BCUT2D eigenvalue weighted by Crippen LogP contribution is -2.43. The molecule has 0 saturated heterocycles. The van der Waals surface area contributed by atoms with Crippen LogP contribution in [-0.2, 0) is 25.6 Å². The van der Waals surface area contributed by atoms with E-state index in [1.807, 2.05) is 0 Å². The number of halogens is 6. The van der Waals surface area contributed by atoms with Gasteiger partial charge in [-0.1, -0.05) is 69.6 Å². The number of nitro benzene ring substituents is 1. The van der Waals surface area contributed by atoms with Gasteiger partial charge in [-0.2, -0.15) is 0 Å². The summed E-state index contributed by atoms with van der Waals surface area (Å²) >= 11 is 33.0. The number of hydrogen-bond acceptors (Lipinski definition) is 8. The lowest BCUT2D eigenvalue weighted by atomic mass is 10.1. The highest BCUT2D eigenvalue weighted by atomic mass is 35.6. The van der Waals surface area contributed by atoms with Crippen molar-refractivity contribution in [2.45, 2.75) is 33.1 Å². The third-order valence-electron chi connectivity index (χ3n) is 3.78. The molecule has 0 saturated carbocycles. The van der Waals surface area contributed by atoms with Crippen molar-refractivity contribution in [1.82, 2.24) is 10.6 Å². The summed E-state index contributed by atoms with van der Waals surface area (Å²) < 4.78 is 11.0. The molecule has 0 radical (unpaired) electrons. The van der Waals surface area contributed by atoms with Crippen molar-refractivity contribution in [3.63, 3.8) is 0 Å². The molecule has 0 aliphatic rings. The Morgan fingerprint density at radius 3 is 1.97 bits per heavy atom. The number of non-ortho nitro benzene ring substituents is 1. The zero-order valence-electron chi connectivity index (χ0n) is 17.6. The Hall–Kier alpha value is -1.63. The molecule has 35 heavy (non-hydrogen) atoms. The van der Waals surface area contributed by atoms with E-state index in [0.717, 1.165) is 0 Å². The average molecular weight is 618 g/mol. The predicted octanol–water partition coefficient (Wildman–Crippen LogP) is 4.98. The molecule has 0 bridgehead atoms. The van der Waals surface area contributed by atoms with Crippen LogP contribution in [0.3, 0.4) is 0 Å².